The van der Waals surface area contributed by atoms with Crippen LogP contribution in [0.2, 0.25) is 0 Å². The molecule has 5 rings (SSSR count). The Morgan fingerprint density at radius 2 is 1.48 bits per heavy atom. The van der Waals surface area contributed by atoms with Crippen LogP contribution in [0.15, 0.2) is 24.3 Å². The monoisotopic (exact) mass is 290 g/mol. The Labute approximate surface area is 125 Å². The number of fused-ring (bicyclic) bond motifs is 1. The maximum Gasteiger partial charge on any atom is 0.213 e. The quantitative estimate of drug-likeness (QED) is 0.781. The van der Waals surface area contributed by atoms with Crippen molar-refractivity contribution in [2.45, 2.75) is 64.3 Å². The smallest absolute Gasteiger partial charge is 0.213 e. The van der Waals surface area contributed by atoms with E-state index in [1.807, 2.05) is 20.8 Å². The predicted octanol–water partition coefficient (Wildman–Crippen LogP) is 3.47. The van der Waals surface area contributed by atoms with Gasteiger partial charge in [0, 0.05) is 6.42 Å². The molecule has 1 aromatic rings. The van der Waals surface area contributed by atoms with Gasteiger partial charge in [0.25, 0.3) is 0 Å². The second kappa shape index (κ2) is 3.87. The van der Waals surface area contributed by atoms with Crippen LogP contribution < -0.4 is 0 Å². The maximum atomic E-state index is 6.15. The molecule has 4 aliphatic heterocycles. The van der Waals surface area contributed by atoms with Crippen molar-refractivity contribution in [3.05, 3.63) is 35.4 Å². The van der Waals surface area contributed by atoms with Gasteiger partial charge < -0.3 is 9.47 Å². The SMILES string of the molecule is Cc1ccc(CC23CCC4(C)O[C@]2(C)OO[C@]3(C)O4)cc1. The van der Waals surface area contributed by atoms with Crippen LogP contribution in [0.3, 0.4) is 0 Å². The lowest BCUT2D eigenvalue weighted by Crippen LogP contribution is -2.71. The number of aryl methyl sites for hydroxylation is 1. The van der Waals surface area contributed by atoms with E-state index in [0.717, 1.165) is 19.3 Å². The second-order valence-electron chi connectivity index (χ2n) is 7.14. The van der Waals surface area contributed by atoms with E-state index in [2.05, 4.69) is 31.2 Å². The minimum Gasteiger partial charge on any atom is -0.315 e. The Bertz CT molecular complexity index is 561. The van der Waals surface area contributed by atoms with Gasteiger partial charge in [-0.15, -0.1) is 0 Å². The third-order valence-electron chi connectivity index (χ3n) is 5.55. The molecule has 2 unspecified atom stereocenters. The Kier molecular flexibility index (Phi) is 2.53. The van der Waals surface area contributed by atoms with Crippen LogP contribution in [0.1, 0.15) is 44.7 Å². The first-order valence-electron chi connectivity index (χ1n) is 7.63. The molecule has 4 fully saturated rings. The van der Waals surface area contributed by atoms with Crippen molar-refractivity contribution in [1.29, 1.82) is 0 Å². The fraction of sp³-hybridized carbons (Fsp3) is 0.647. The number of hydrogen-bond donors (Lipinski definition) is 0. The van der Waals surface area contributed by atoms with E-state index in [9.17, 15) is 0 Å². The standard InChI is InChI=1S/C17H22O4/c1-12-5-7-13(8-6-12)11-17-10-9-14(2)18-15(17,3)20-21-16(17,4)19-14/h5-8H,9-11H2,1-4H3/t14?,15-,16+,17?. The molecule has 4 bridgehead atoms. The zero-order valence-electron chi connectivity index (χ0n) is 13.1. The van der Waals surface area contributed by atoms with Crippen LogP contribution in [0, 0.1) is 12.3 Å². The summed E-state index contributed by atoms with van der Waals surface area (Å²) in [5.41, 5.74) is 2.19. The third kappa shape index (κ3) is 1.65. The highest BCUT2D eigenvalue weighted by Gasteiger charge is 2.78. The molecular weight excluding hydrogens is 268 g/mol. The Balaban J connectivity index is 1.76. The summed E-state index contributed by atoms with van der Waals surface area (Å²) >= 11 is 0. The van der Waals surface area contributed by atoms with Crippen molar-refractivity contribution in [1.82, 2.24) is 0 Å². The van der Waals surface area contributed by atoms with Gasteiger partial charge in [-0.2, -0.15) is 9.78 Å². The number of benzene rings is 1. The van der Waals surface area contributed by atoms with Gasteiger partial charge in [-0.3, -0.25) is 0 Å². The number of ether oxygens (including phenoxy) is 2. The summed E-state index contributed by atoms with van der Waals surface area (Å²) in [5.74, 6) is -2.15. The Morgan fingerprint density at radius 3 is 2.05 bits per heavy atom. The van der Waals surface area contributed by atoms with Crippen molar-refractivity contribution in [3.8, 4) is 0 Å². The second-order valence-corrected chi connectivity index (χ2v) is 7.14. The molecule has 4 saturated heterocycles. The van der Waals surface area contributed by atoms with E-state index < -0.39 is 17.4 Å². The van der Waals surface area contributed by atoms with Crippen LogP contribution >= 0.6 is 0 Å². The first kappa shape index (κ1) is 13.7. The first-order chi connectivity index (χ1) is 9.80. The van der Waals surface area contributed by atoms with Gasteiger partial charge in [0.05, 0.1) is 5.41 Å². The lowest BCUT2D eigenvalue weighted by Gasteiger charge is -2.60. The van der Waals surface area contributed by atoms with Gasteiger partial charge >= 0.3 is 0 Å². The van der Waals surface area contributed by atoms with Gasteiger partial charge in [0.1, 0.15) is 0 Å². The molecule has 0 radical (unpaired) electrons. The van der Waals surface area contributed by atoms with Gasteiger partial charge in [-0.25, -0.2) is 0 Å². The van der Waals surface area contributed by atoms with Crippen molar-refractivity contribution < 1.29 is 19.2 Å². The highest BCUT2D eigenvalue weighted by atomic mass is 17.3. The van der Waals surface area contributed by atoms with E-state index in [4.69, 9.17) is 19.2 Å². The van der Waals surface area contributed by atoms with Gasteiger partial charge in [-0.1, -0.05) is 29.8 Å². The molecule has 0 aromatic heterocycles. The first-order valence-corrected chi connectivity index (χ1v) is 7.63. The minimum absolute atomic E-state index is 0.326. The molecule has 0 spiro atoms. The normalized spacial score (nSPS) is 47.8. The predicted molar refractivity (Wildman–Crippen MR) is 76.1 cm³/mol. The summed E-state index contributed by atoms with van der Waals surface area (Å²) in [7, 11) is 0. The molecule has 1 aromatic carbocycles. The van der Waals surface area contributed by atoms with Crippen LogP contribution in [0.5, 0.6) is 0 Å². The van der Waals surface area contributed by atoms with Crippen LogP contribution in [0.4, 0.5) is 0 Å². The Hall–Kier alpha value is -0.940. The summed E-state index contributed by atoms with van der Waals surface area (Å²) in [6.07, 6.45) is 2.64. The van der Waals surface area contributed by atoms with E-state index in [-0.39, 0.29) is 5.41 Å². The average Bonchev–Trinajstić information content (AvgIpc) is 2.55. The molecule has 4 aliphatic rings. The molecule has 4 heteroatoms. The summed E-state index contributed by atoms with van der Waals surface area (Å²) in [5, 5.41) is 0. The van der Waals surface area contributed by atoms with Crippen LogP contribution in [-0.2, 0) is 25.7 Å². The van der Waals surface area contributed by atoms with Crippen molar-refractivity contribution in [3.63, 3.8) is 0 Å². The van der Waals surface area contributed by atoms with E-state index >= 15 is 0 Å². The van der Waals surface area contributed by atoms with Gasteiger partial charge in [0.2, 0.25) is 11.6 Å². The fourth-order valence-electron chi connectivity index (χ4n) is 4.27. The topological polar surface area (TPSA) is 36.9 Å². The third-order valence-corrected chi connectivity index (χ3v) is 5.55. The molecule has 0 aliphatic carbocycles. The molecule has 4 atom stereocenters. The lowest BCUT2D eigenvalue weighted by molar-refractivity contribution is -0.454. The molecule has 0 saturated carbocycles. The van der Waals surface area contributed by atoms with Crippen molar-refractivity contribution in [2.24, 2.45) is 5.41 Å². The largest absolute Gasteiger partial charge is 0.315 e. The highest BCUT2D eigenvalue weighted by Crippen LogP contribution is 2.67. The molecule has 114 valence electrons. The molecule has 0 N–H and O–H groups in total. The van der Waals surface area contributed by atoms with E-state index in [1.54, 1.807) is 0 Å². The molecule has 21 heavy (non-hydrogen) atoms. The molecule has 0 amide bonds. The van der Waals surface area contributed by atoms with Gasteiger partial charge in [-0.05, 0) is 46.1 Å². The van der Waals surface area contributed by atoms with Crippen LogP contribution in [0.25, 0.3) is 0 Å². The molecule has 4 heterocycles. The minimum atomic E-state index is -0.766. The zero-order chi connectivity index (χ0) is 14.9. The lowest BCUT2D eigenvalue weighted by atomic mass is 9.62. The molecule has 4 nitrogen and oxygen atoms in total. The van der Waals surface area contributed by atoms with Crippen molar-refractivity contribution in [2.75, 3.05) is 0 Å². The zero-order valence-corrected chi connectivity index (χ0v) is 13.1. The number of rotatable bonds is 2. The van der Waals surface area contributed by atoms with E-state index in [1.165, 1.54) is 11.1 Å². The average molecular weight is 290 g/mol. The fourth-order valence-corrected chi connectivity index (χ4v) is 4.27. The number of hydrogen-bond acceptors (Lipinski definition) is 4. The summed E-state index contributed by atoms with van der Waals surface area (Å²) in [6.45, 7) is 8.02. The Morgan fingerprint density at radius 1 is 0.905 bits per heavy atom. The van der Waals surface area contributed by atoms with Gasteiger partial charge in [0.15, 0.2) is 5.79 Å². The van der Waals surface area contributed by atoms with Crippen LogP contribution in [-0.4, -0.2) is 17.4 Å². The summed E-state index contributed by atoms with van der Waals surface area (Å²) in [4.78, 5) is 11.2. The van der Waals surface area contributed by atoms with Crippen molar-refractivity contribution >= 4 is 0 Å². The summed E-state index contributed by atoms with van der Waals surface area (Å²) in [6, 6.07) is 8.60. The summed E-state index contributed by atoms with van der Waals surface area (Å²) < 4.78 is 12.3. The highest BCUT2D eigenvalue weighted by molar-refractivity contribution is 5.25. The van der Waals surface area contributed by atoms with E-state index in [0.29, 0.717) is 0 Å². The maximum absolute atomic E-state index is 6.15. The molecular formula is C17H22O4.